The van der Waals surface area contributed by atoms with Crippen LogP contribution in [0.3, 0.4) is 0 Å². The van der Waals surface area contributed by atoms with Crippen LogP contribution in [0.1, 0.15) is 12.1 Å². The summed E-state index contributed by atoms with van der Waals surface area (Å²) in [6.45, 7) is 0. The van der Waals surface area contributed by atoms with Crippen molar-refractivity contribution in [3.05, 3.63) is 34.8 Å². The number of aliphatic carboxylic acids is 1. The average molecular weight is 305 g/mol. The highest BCUT2D eigenvalue weighted by molar-refractivity contribution is 7.16. The summed E-state index contributed by atoms with van der Waals surface area (Å²) in [5.74, 6) is -0.803. The molecule has 0 amide bonds. The van der Waals surface area contributed by atoms with E-state index < -0.39 is 5.97 Å². The Kier molecular flexibility index (Phi) is 3.62. The first-order valence-electron chi connectivity index (χ1n) is 5.97. The Morgan fingerprint density at radius 3 is 3.10 bits per heavy atom. The standard InChI is InChI=1S/C13H11N3O2S2/c17-12(18)4-2-9-6-19-13(16-9)15-8-1-3-10-11(5-8)20-7-14-10/h1,3,5-7H,2,4H2,(H,15,16)(H,17,18). The zero-order chi connectivity index (χ0) is 13.9. The fraction of sp³-hybridized carbons (Fsp3) is 0.154. The number of nitrogens with zero attached hydrogens (tertiary/aromatic N) is 2. The molecule has 1 aromatic carbocycles. The lowest BCUT2D eigenvalue weighted by atomic mass is 10.2. The first-order chi connectivity index (χ1) is 9.70. The minimum atomic E-state index is -0.803. The van der Waals surface area contributed by atoms with Crippen LogP contribution in [0.15, 0.2) is 29.1 Å². The molecule has 3 rings (SSSR count). The van der Waals surface area contributed by atoms with Gasteiger partial charge in [0.25, 0.3) is 0 Å². The molecule has 0 bridgehead atoms. The molecule has 2 N–H and O–H groups in total. The van der Waals surface area contributed by atoms with Gasteiger partial charge in [-0.05, 0) is 18.2 Å². The molecule has 0 saturated carbocycles. The maximum absolute atomic E-state index is 10.5. The summed E-state index contributed by atoms with van der Waals surface area (Å²) >= 11 is 3.07. The summed E-state index contributed by atoms with van der Waals surface area (Å²) in [7, 11) is 0. The van der Waals surface area contributed by atoms with Gasteiger partial charge in [0.05, 0.1) is 27.8 Å². The van der Waals surface area contributed by atoms with Crippen LogP contribution >= 0.6 is 22.7 Å². The second-order valence-corrected chi connectivity index (χ2v) is 5.94. The average Bonchev–Trinajstić information content (AvgIpc) is 3.04. The van der Waals surface area contributed by atoms with Gasteiger partial charge in [0.1, 0.15) is 0 Å². The Morgan fingerprint density at radius 2 is 2.25 bits per heavy atom. The Bertz CT molecular complexity index is 751. The van der Waals surface area contributed by atoms with Crippen LogP contribution < -0.4 is 5.32 Å². The highest BCUT2D eigenvalue weighted by atomic mass is 32.1. The van der Waals surface area contributed by atoms with E-state index in [9.17, 15) is 4.79 Å². The van der Waals surface area contributed by atoms with Crippen LogP contribution in [-0.4, -0.2) is 21.0 Å². The number of anilines is 2. The molecular weight excluding hydrogens is 294 g/mol. The molecule has 0 unspecified atom stereocenters. The minimum absolute atomic E-state index is 0.107. The Labute approximate surface area is 122 Å². The Morgan fingerprint density at radius 1 is 1.35 bits per heavy atom. The number of aromatic nitrogens is 2. The summed E-state index contributed by atoms with van der Waals surface area (Å²) in [4.78, 5) is 19.1. The van der Waals surface area contributed by atoms with Gasteiger partial charge in [0, 0.05) is 17.5 Å². The van der Waals surface area contributed by atoms with Gasteiger partial charge in [0.2, 0.25) is 0 Å². The Balaban J connectivity index is 1.72. The van der Waals surface area contributed by atoms with Crippen LogP contribution in [0.5, 0.6) is 0 Å². The maximum Gasteiger partial charge on any atom is 0.303 e. The lowest BCUT2D eigenvalue weighted by Crippen LogP contribution is -1.98. The van der Waals surface area contributed by atoms with Crippen LogP contribution in [0.4, 0.5) is 10.8 Å². The number of carbonyl (C=O) groups is 1. The van der Waals surface area contributed by atoms with Crippen LogP contribution in [-0.2, 0) is 11.2 Å². The van der Waals surface area contributed by atoms with Crippen molar-refractivity contribution in [2.75, 3.05) is 5.32 Å². The first kappa shape index (κ1) is 13.0. The predicted molar refractivity (Wildman–Crippen MR) is 81.0 cm³/mol. The molecule has 7 heteroatoms. The number of carboxylic acid groups (broad SMARTS) is 1. The van der Waals surface area contributed by atoms with E-state index in [1.807, 2.05) is 29.1 Å². The molecular formula is C13H11N3O2S2. The molecule has 0 spiro atoms. The van der Waals surface area contributed by atoms with Crippen molar-refractivity contribution in [3.8, 4) is 0 Å². The third kappa shape index (κ3) is 2.94. The fourth-order valence-electron chi connectivity index (χ4n) is 1.77. The van der Waals surface area contributed by atoms with Crippen molar-refractivity contribution in [2.45, 2.75) is 12.8 Å². The molecule has 0 saturated heterocycles. The van der Waals surface area contributed by atoms with Crippen LogP contribution in [0, 0.1) is 0 Å². The van der Waals surface area contributed by atoms with Gasteiger partial charge >= 0.3 is 5.97 Å². The highest BCUT2D eigenvalue weighted by Crippen LogP contribution is 2.26. The van der Waals surface area contributed by atoms with Gasteiger partial charge in [-0.1, -0.05) is 0 Å². The van der Waals surface area contributed by atoms with Gasteiger partial charge in [-0.2, -0.15) is 0 Å². The van der Waals surface area contributed by atoms with Crippen molar-refractivity contribution >= 4 is 49.7 Å². The quantitative estimate of drug-likeness (QED) is 0.754. The molecule has 0 fully saturated rings. The molecule has 2 aromatic heterocycles. The maximum atomic E-state index is 10.5. The second kappa shape index (κ2) is 5.56. The number of thiazole rings is 2. The van der Waals surface area contributed by atoms with E-state index in [0.29, 0.717) is 6.42 Å². The minimum Gasteiger partial charge on any atom is -0.481 e. The van der Waals surface area contributed by atoms with Crippen molar-refractivity contribution < 1.29 is 9.90 Å². The monoisotopic (exact) mass is 305 g/mol. The van der Waals surface area contributed by atoms with Gasteiger partial charge < -0.3 is 10.4 Å². The number of hydrogen-bond donors (Lipinski definition) is 2. The molecule has 0 aliphatic carbocycles. The van der Waals surface area contributed by atoms with E-state index in [0.717, 1.165) is 26.7 Å². The summed E-state index contributed by atoms with van der Waals surface area (Å²) < 4.78 is 1.12. The summed E-state index contributed by atoms with van der Waals surface area (Å²) in [6.07, 6.45) is 0.567. The number of rotatable bonds is 5. The number of benzene rings is 1. The second-order valence-electron chi connectivity index (χ2n) is 4.20. The number of carboxylic acids is 1. The van der Waals surface area contributed by atoms with Crippen molar-refractivity contribution in [2.24, 2.45) is 0 Å². The van der Waals surface area contributed by atoms with Gasteiger partial charge in [-0.3, -0.25) is 4.79 Å². The molecule has 3 aromatic rings. The molecule has 102 valence electrons. The topological polar surface area (TPSA) is 75.1 Å². The molecule has 0 atom stereocenters. The normalized spacial score (nSPS) is 10.8. The van der Waals surface area contributed by atoms with E-state index >= 15 is 0 Å². The molecule has 5 nitrogen and oxygen atoms in total. The Hall–Kier alpha value is -1.99. The van der Waals surface area contributed by atoms with E-state index in [4.69, 9.17) is 5.11 Å². The summed E-state index contributed by atoms with van der Waals surface area (Å²) in [5, 5.41) is 14.5. The van der Waals surface area contributed by atoms with Crippen LogP contribution in [0.25, 0.3) is 10.2 Å². The van der Waals surface area contributed by atoms with Gasteiger partial charge in [-0.25, -0.2) is 9.97 Å². The summed E-state index contributed by atoms with van der Waals surface area (Å²) in [5.41, 5.74) is 4.57. The van der Waals surface area contributed by atoms with Gasteiger partial charge in [0.15, 0.2) is 5.13 Å². The highest BCUT2D eigenvalue weighted by Gasteiger charge is 2.06. The molecule has 20 heavy (non-hydrogen) atoms. The lowest BCUT2D eigenvalue weighted by molar-refractivity contribution is -0.136. The molecule has 0 aliphatic rings. The first-order valence-corrected chi connectivity index (χ1v) is 7.73. The van der Waals surface area contributed by atoms with Crippen LogP contribution in [0.2, 0.25) is 0 Å². The molecule has 0 radical (unpaired) electrons. The smallest absolute Gasteiger partial charge is 0.303 e. The number of aryl methyl sites for hydroxylation is 1. The van der Waals surface area contributed by atoms with E-state index in [1.165, 1.54) is 11.3 Å². The van der Waals surface area contributed by atoms with Crippen molar-refractivity contribution in [1.82, 2.24) is 9.97 Å². The summed E-state index contributed by atoms with van der Waals surface area (Å²) in [6, 6.07) is 5.96. The molecule has 0 aliphatic heterocycles. The van der Waals surface area contributed by atoms with E-state index in [1.54, 1.807) is 11.3 Å². The fourth-order valence-corrected chi connectivity index (χ4v) is 3.25. The van der Waals surface area contributed by atoms with Gasteiger partial charge in [-0.15, -0.1) is 22.7 Å². The lowest BCUT2D eigenvalue weighted by Gasteiger charge is -2.01. The third-order valence-corrected chi connectivity index (χ3v) is 4.33. The zero-order valence-corrected chi connectivity index (χ0v) is 12.0. The van der Waals surface area contributed by atoms with Crippen molar-refractivity contribution in [3.63, 3.8) is 0 Å². The van der Waals surface area contributed by atoms with Crippen molar-refractivity contribution in [1.29, 1.82) is 0 Å². The molecule has 2 heterocycles. The number of hydrogen-bond acceptors (Lipinski definition) is 6. The van der Waals surface area contributed by atoms with E-state index in [2.05, 4.69) is 15.3 Å². The largest absolute Gasteiger partial charge is 0.481 e. The zero-order valence-electron chi connectivity index (χ0n) is 10.4. The number of fused-ring (bicyclic) bond motifs is 1. The predicted octanol–water partition coefficient (Wildman–Crippen LogP) is 3.51. The number of nitrogens with one attached hydrogen (secondary N) is 1. The third-order valence-electron chi connectivity index (χ3n) is 2.73. The van der Waals surface area contributed by atoms with E-state index in [-0.39, 0.29) is 6.42 Å². The SMILES string of the molecule is O=C(O)CCc1csc(Nc2ccc3ncsc3c2)n1.